The summed E-state index contributed by atoms with van der Waals surface area (Å²) >= 11 is 5.77. The van der Waals surface area contributed by atoms with E-state index in [0.717, 1.165) is 30.9 Å². The van der Waals surface area contributed by atoms with Crippen molar-refractivity contribution in [2.24, 2.45) is 5.92 Å². The predicted octanol–water partition coefficient (Wildman–Crippen LogP) is 3.80. The highest BCUT2D eigenvalue weighted by Gasteiger charge is 2.29. The van der Waals surface area contributed by atoms with Gasteiger partial charge in [0.1, 0.15) is 5.82 Å². The SMILES string of the molecule is CCNC(CCc1ccc(F)c(Cl)c1)C1CC1. The number of hydrogen-bond acceptors (Lipinski definition) is 1. The third-order valence-corrected chi connectivity index (χ3v) is 3.68. The van der Waals surface area contributed by atoms with Crippen LogP contribution in [0.3, 0.4) is 0 Å². The van der Waals surface area contributed by atoms with Crippen molar-refractivity contribution >= 4 is 11.6 Å². The van der Waals surface area contributed by atoms with E-state index in [2.05, 4.69) is 12.2 Å². The molecule has 0 radical (unpaired) electrons. The average molecular weight is 256 g/mol. The van der Waals surface area contributed by atoms with Crippen molar-refractivity contribution in [3.63, 3.8) is 0 Å². The van der Waals surface area contributed by atoms with Gasteiger partial charge in [-0.2, -0.15) is 0 Å². The molecule has 1 aliphatic carbocycles. The second-order valence-electron chi connectivity index (χ2n) is 4.79. The Balaban J connectivity index is 1.89. The minimum Gasteiger partial charge on any atom is -0.314 e. The molecular formula is C14H19ClFN. The molecule has 1 aromatic carbocycles. The van der Waals surface area contributed by atoms with Crippen LogP contribution >= 0.6 is 11.6 Å². The van der Waals surface area contributed by atoms with Crippen molar-refractivity contribution in [3.05, 3.63) is 34.6 Å². The molecule has 1 N–H and O–H groups in total. The lowest BCUT2D eigenvalue weighted by atomic mass is 10.0. The summed E-state index contributed by atoms with van der Waals surface area (Å²) < 4.78 is 13.0. The highest BCUT2D eigenvalue weighted by molar-refractivity contribution is 6.30. The number of benzene rings is 1. The van der Waals surface area contributed by atoms with Gasteiger partial charge < -0.3 is 5.32 Å². The van der Waals surface area contributed by atoms with Crippen LogP contribution in [0.2, 0.25) is 5.02 Å². The van der Waals surface area contributed by atoms with Crippen LogP contribution in [0.1, 0.15) is 31.7 Å². The largest absolute Gasteiger partial charge is 0.314 e. The van der Waals surface area contributed by atoms with E-state index in [1.165, 1.54) is 18.9 Å². The van der Waals surface area contributed by atoms with Crippen molar-refractivity contribution < 1.29 is 4.39 Å². The maximum Gasteiger partial charge on any atom is 0.141 e. The van der Waals surface area contributed by atoms with Crippen LogP contribution in [-0.4, -0.2) is 12.6 Å². The van der Waals surface area contributed by atoms with Gasteiger partial charge >= 0.3 is 0 Å². The van der Waals surface area contributed by atoms with Gasteiger partial charge in [0.15, 0.2) is 0 Å². The first-order valence-corrected chi connectivity index (χ1v) is 6.75. The molecule has 1 atom stereocenters. The first-order chi connectivity index (χ1) is 8.20. The Bertz CT molecular complexity index is 376. The summed E-state index contributed by atoms with van der Waals surface area (Å²) in [6.45, 7) is 3.16. The molecule has 1 saturated carbocycles. The van der Waals surface area contributed by atoms with E-state index in [1.54, 1.807) is 6.07 Å². The number of halogens is 2. The molecule has 2 rings (SSSR count). The summed E-state index contributed by atoms with van der Waals surface area (Å²) in [7, 11) is 0. The summed E-state index contributed by atoms with van der Waals surface area (Å²) in [5, 5.41) is 3.76. The first kappa shape index (κ1) is 12.8. The van der Waals surface area contributed by atoms with Gasteiger partial charge in [0.05, 0.1) is 5.02 Å². The highest BCUT2D eigenvalue weighted by Crippen LogP contribution is 2.34. The minimum atomic E-state index is -0.333. The van der Waals surface area contributed by atoms with Crippen LogP contribution in [0, 0.1) is 11.7 Å². The van der Waals surface area contributed by atoms with Crippen LogP contribution in [0.25, 0.3) is 0 Å². The fraction of sp³-hybridized carbons (Fsp3) is 0.571. The molecule has 1 nitrogen and oxygen atoms in total. The number of rotatable bonds is 6. The Morgan fingerprint density at radius 1 is 1.47 bits per heavy atom. The van der Waals surface area contributed by atoms with Gasteiger partial charge in [-0.05, 0) is 55.8 Å². The lowest BCUT2D eigenvalue weighted by Crippen LogP contribution is -2.31. The molecule has 1 aliphatic rings. The lowest BCUT2D eigenvalue weighted by molar-refractivity contribution is 0.446. The van der Waals surface area contributed by atoms with Crippen molar-refractivity contribution in [2.75, 3.05) is 6.54 Å². The third-order valence-electron chi connectivity index (χ3n) is 3.39. The normalized spacial score (nSPS) is 17.1. The maximum absolute atomic E-state index is 13.0. The molecule has 0 heterocycles. The summed E-state index contributed by atoms with van der Waals surface area (Å²) in [6, 6.07) is 5.64. The Kier molecular flexibility index (Phi) is 4.41. The molecule has 1 aromatic rings. The zero-order chi connectivity index (χ0) is 12.3. The second kappa shape index (κ2) is 5.83. The Hall–Kier alpha value is -0.600. The number of hydrogen-bond donors (Lipinski definition) is 1. The highest BCUT2D eigenvalue weighted by atomic mass is 35.5. The Morgan fingerprint density at radius 2 is 2.24 bits per heavy atom. The molecular weight excluding hydrogens is 237 g/mol. The zero-order valence-corrected chi connectivity index (χ0v) is 10.9. The maximum atomic E-state index is 13.0. The molecule has 3 heteroatoms. The predicted molar refractivity (Wildman–Crippen MR) is 69.9 cm³/mol. The second-order valence-corrected chi connectivity index (χ2v) is 5.20. The quantitative estimate of drug-likeness (QED) is 0.815. The van der Waals surface area contributed by atoms with Crippen LogP contribution in [0.4, 0.5) is 4.39 Å². The van der Waals surface area contributed by atoms with Gasteiger partial charge in [0.25, 0.3) is 0 Å². The zero-order valence-electron chi connectivity index (χ0n) is 10.2. The van der Waals surface area contributed by atoms with Crippen LogP contribution in [0.15, 0.2) is 18.2 Å². The Labute approximate surface area is 107 Å². The molecule has 17 heavy (non-hydrogen) atoms. The molecule has 94 valence electrons. The summed E-state index contributed by atoms with van der Waals surface area (Å²) in [4.78, 5) is 0. The molecule has 0 bridgehead atoms. The monoisotopic (exact) mass is 255 g/mol. The van der Waals surface area contributed by atoms with E-state index in [9.17, 15) is 4.39 Å². The lowest BCUT2D eigenvalue weighted by Gasteiger charge is -2.17. The van der Waals surface area contributed by atoms with E-state index in [4.69, 9.17) is 11.6 Å². The van der Waals surface area contributed by atoms with E-state index in [-0.39, 0.29) is 10.8 Å². The van der Waals surface area contributed by atoms with Crippen molar-refractivity contribution in [1.29, 1.82) is 0 Å². The van der Waals surface area contributed by atoms with Gasteiger partial charge in [-0.1, -0.05) is 24.6 Å². The molecule has 1 unspecified atom stereocenters. The van der Waals surface area contributed by atoms with Crippen LogP contribution in [-0.2, 0) is 6.42 Å². The standard InChI is InChI=1S/C14H19ClFN/c1-2-17-14(11-5-6-11)8-4-10-3-7-13(16)12(15)9-10/h3,7,9,11,14,17H,2,4-6,8H2,1H3. The molecule has 1 fully saturated rings. The molecule has 0 aromatic heterocycles. The fourth-order valence-corrected chi connectivity index (χ4v) is 2.49. The van der Waals surface area contributed by atoms with E-state index in [0.29, 0.717) is 6.04 Å². The minimum absolute atomic E-state index is 0.230. The Morgan fingerprint density at radius 3 is 2.82 bits per heavy atom. The third kappa shape index (κ3) is 3.68. The number of nitrogens with one attached hydrogen (secondary N) is 1. The van der Waals surface area contributed by atoms with E-state index >= 15 is 0 Å². The smallest absolute Gasteiger partial charge is 0.141 e. The van der Waals surface area contributed by atoms with Crippen molar-refractivity contribution in [3.8, 4) is 0 Å². The molecule has 0 aliphatic heterocycles. The average Bonchev–Trinajstić information content (AvgIpc) is 3.13. The van der Waals surface area contributed by atoms with Crippen molar-refractivity contribution in [2.45, 2.75) is 38.6 Å². The first-order valence-electron chi connectivity index (χ1n) is 6.38. The molecule has 0 saturated heterocycles. The summed E-state index contributed by atoms with van der Waals surface area (Å²) in [5.41, 5.74) is 1.12. The molecule has 0 spiro atoms. The number of aryl methyl sites for hydroxylation is 1. The van der Waals surface area contributed by atoms with Gasteiger partial charge in [-0.15, -0.1) is 0 Å². The van der Waals surface area contributed by atoms with Gasteiger partial charge in [-0.25, -0.2) is 4.39 Å². The summed E-state index contributed by atoms with van der Waals surface area (Å²) in [5.74, 6) is 0.520. The van der Waals surface area contributed by atoms with Crippen molar-refractivity contribution in [1.82, 2.24) is 5.32 Å². The van der Waals surface area contributed by atoms with Crippen LogP contribution in [0.5, 0.6) is 0 Å². The van der Waals surface area contributed by atoms with Gasteiger partial charge in [0, 0.05) is 6.04 Å². The summed E-state index contributed by atoms with van der Waals surface area (Å²) in [6.07, 6.45) is 4.78. The fourth-order valence-electron chi connectivity index (χ4n) is 2.28. The topological polar surface area (TPSA) is 12.0 Å². The van der Waals surface area contributed by atoms with Crippen LogP contribution < -0.4 is 5.32 Å². The molecule has 0 amide bonds. The van der Waals surface area contributed by atoms with E-state index in [1.807, 2.05) is 6.07 Å². The van der Waals surface area contributed by atoms with Gasteiger partial charge in [0.2, 0.25) is 0 Å². The van der Waals surface area contributed by atoms with Gasteiger partial charge in [-0.3, -0.25) is 0 Å². The van der Waals surface area contributed by atoms with E-state index < -0.39 is 0 Å².